The molecule has 0 aliphatic carbocycles. The van der Waals surface area contributed by atoms with Gasteiger partial charge in [0.15, 0.2) is 5.16 Å². The van der Waals surface area contributed by atoms with Crippen molar-refractivity contribution in [2.24, 2.45) is 0 Å². The number of fused-ring (bicyclic) bond motifs is 1. The van der Waals surface area contributed by atoms with Crippen LogP contribution in [0, 0.1) is 11.6 Å². The number of nitrogens with one attached hydrogen (secondary N) is 1. The number of thioether (sulfide) groups is 1. The van der Waals surface area contributed by atoms with Crippen LogP contribution in [0.1, 0.15) is 21.5 Å². The predicted octanol–water partition coefficient (Wildman–Crippen LogP) is 6.96. The number of aromatic nitrogens is 3. The monoisotopic (exact) mass is 520 g/mol. The van der Waals surface area contributed by atoms with Crippen LogP contribution in [0.5, 0.6) is 0 Å². The van der Waals surface area contributed by atoms with Gasteiger partial charge in [-0.05, 0) is 65.7 Å². The van der Waals surface area contributed by atoms with E-state index < -0.39 is 0 Å². The zero-order valence-corrected chi connectivity index (χ0v) is 20.4. The summed E-state index contributed by atoms with van der Waals surface area (Å²) in [7, 11) is 0. The molecule has 0 atom stereocenters. The lowest BCUT2D eigenvalue weighted by molar-refractivity contribution is 0.102. The van der Waals surface area contributed by atoms with Gasteiger partial charge in [0.2, 0.25) is 0 Å². The number of anilines is 1. The molecule has 5 rings (SSSR count). The molecule has 1 amide bonds. The summed E-state index contributed by atoms with van der Waals surface area (Å²) in [4.78, 5) is 21.6. The number of amides is 1. The van der Waals surface area contributed by atoms with E-state index in [1.54, 1.807) is 30.6 Å². The molecule has 0 fully saturated rings. The van der Waals surface area contributed by atoms with E-state index >= 15 is 0 Å². The summed E-state index contributed by atoms with van der Waals surface area (Å²) in [5.41, 5.74) is 4.48. The molecule has 0 aliphatic rings. The van der Waals surface area contributed by atoms with Crippen LogP contribution >= 0.6 is 23.4 Å². The largest absolute Gasteiger partial charge is 0.322 e. The molecule has 5 aromatic rings. The van der Waals surface area contributed by atoms with Crippen LogP contribution in [0.15, 0.2) is 90.3 Å². The molecule has 0 saturated heterocycles. The average molecular weight is 521 g/mol. The van der Waals surface area contributed by atoms with Gasteiger partial charge >= 0.3 is 0 Å². The second-order valence-corrected chi connectivity index (χ2v) is 9.38. The smallest absolute Gasteiger partial charge is 0.255 e. The standard InChI is InChI=1S/C27H19ClF2N4OS/c28-23-13-21(30)6-5-19(23)16-36-27-33-24-11-12-31-14-25(24)34(27)15-17-1-3-18(4-2-17)26(35)32-22-9-7-20(29)8-10-22/h1-14H,15-16H2,(H,32,35). The normalized spacial score (nSPS) is 11.1. The summed E-state index contributed by atoms with van der Waals surface area (Å²) in [6.07, 6.45) is 3.46. The topological polar surface area (TPSA) is 59.8 Å². The van der Waals surface area contributed by atoms with Crippen LogP contribution < -0.4 is 5.32 Å². The maximum atomic E-state index is 13.4. The Labute approximate surface area is 215 Å². The van der Waals surface area contributed by atoms with Gasteiger partial charge < -0.3 is 9.88 Å². The average Bonchev–Trinajstić information content (AvgIpc) is 3.22. The SMILES string of the molecule is O=C(Nc1ccc(F)cc1)c1ccc(Cn2c(SCc3ccc(F)cc3Cl)nc3ccncc32)cc1. The van der Waals surface area contributed by atoms with E-state index in [1.165, 1.54) is 48.2 Å². The summed E-state index contributed by atoms with van der Waals surface area (Å²) in [6.45, 7) is 0.515. The molecular weight excluding hydrogens is 502 g/mol. The maximum Gasteiger partial charge on any atom is 0.255 e. The first-order valence-electron chi connectivity index (χ1n) is 11.0. The molecule has 0 saturated carbocycles. The molecule has 0 aliphatic heterocycles. The van der Waals surface area contributed by atoms with Gasteiger partial charge in [-0.2, -0.15) is 0 Å². The molecule has 2 heterocycles. The molecule has 180 valence electrons. The van der Waals surface area contributed by atoms with E-state index in [0.29, 0.717) is 28.6 Å². The molecule has 2 aromatic heterocycles. The van der Waals surface area contributed by atoms with Gasteiger partial charge in [0, 0.05) is 28.2 Å². The molecule has 0 radical (unpaired) electrons. The van der Waals surface area contributed by atoms with Crippen molar-refractivity contribution < 1.29 is 13.6 Å². The Kier molecular flexibility index (Phi) is 6.97. The molecule has 0 bridgehead atoms. The predicted molar refractivity (Wildman–Crippen MR) is 138 cm³/mol. The van der Waals surface area contributed by atoms with Crippen LogP contribution in [0.3, 0.4) is 0 Å². The van der Waals surface area contributed by atoms with Gasteiger partial charge in [0.25, 0.3) is 5.91 Å². The number of imidazole rings is 1. The van der Waals surface area contributed by atoms with Gasteiger partial charge in [-0.15, -0.1) is 0 Å². The lowest BCUT2D eigenvalue weighted by atomic mass is 10.1. The number of hydrogen-bond acceptors (Lipinski definition) is 4. The molecule has 0 spiro atoms. The van der Waals surface area contributed by atoms with Gasteiger partial charge in [-0.3, -0.25) is 9.78 Å². The fourth-order valence-electron chi connectivity index (χ4n) is 3.67. The van der Waals surface area contributed by atoms with Crippen molar-refractivity contribution in [1.29, 1.82) is 0 Å². The summed E-state index contributed by atoms with van der Waals surface area (Å²) in [6, 6.07) is 19.1. The first kappa shape index (κ1) is 24.0. The van der Waals surface area contributed by atoms with Crippen molar-refractivity contribution in [3.63, 3.8) is 0 Å². The Morgan fingerprint density at radius 1 is 0.972 bits per heavy atom. The van der Waals surface area contributed by atoms with Crippen molar-refractivity contribution in [3.05, 3.63) is 119 Å². The highest BCUT2D eigenvalue weighted by molar-refractivity contribution is 7.98. The summed E-state index contributed by atoms with van der Waals surface area (Å²) in [5, 5.41) is 3.91. The summed E-state index contributed by atoms with van der Waals surface area (Å²) < 4.78 is 28.6. The van der Waals surface area contributed by atoms with Gasteiger partial charge in [-0.1, -0.05) is 41.6 Å². The van der Waals surface area contributed by atoms with Gasteiger partial charge in [0.1, 0.15) is 11.6 Å². The van der Waals surface area contributed by atoms with E-state index in [9.17, 15) is 13.6 Å². The second-order valence-electron chi connectivity index (χ2n) is 8.03. The van der Waals surface area contributed by atoms with Crippen LogP contribution in [-0.2, 0) is 12.3 Å². The van der Waals surface area contributed by atoms with Crippen molar-refractivity contribution in [3.8, 4) is 0 Å². The number of halogens is 3. The number of benzene rings is 3. The fraction of sp³-hybridized carbons (Fsp3) is 0.0741. The number of pyridine rings is 1. The quantitative estimate of drug-likeness (QED) is 0.236. The van der Waals surface area contributed by atoms with E-state index in [4.69, 9.17) is 16.6 Å². The highest BCUT2D eigenvalue weighted by Crippen LogP contribution is 2.30. The minimum Gasteiger partial charge on any atom is -0.322 e. The van der Waals surface area contributed by atoms with Gasteiger partial charge in [-0.25, -0.2) is 13.8 Å². The van der Waals surface area contributed by atoms with Crippen LogP contribution in [-0.4, -0.2) is 20.4 Å². The third-order valence-electron chi connectivity index (χ3n) is 5.55. The molecule has 9 heteroatoms. The molecule has 5 nitrogen and oxygen atoms in total. The number of rotatable bonds is 7. The Morgan fingerprint density at radius 3 is 2.47 bits per heavy atom. The van der Waals surface area contributed by atoms with Crippen molar-refractivity contribution in [1.82, 2.24) is 14.5 Å². The third kappa shape index (κ3) is 5.40. The minimum atomic E-state index is -0.373. The third-order valence-corrected chi connectivity index (χ3v) is 6.92. The Balaban J connectivity index is 1.34. The molecular formula is C27H19ClF2N4OS. The molecule has 3 aromatic carbocycles. The molecule has 1 N–H and O–H groups in total. The number of nitrogens with zero attached hydrogens (tertiary/aromatic N) is 3. The van der Waals surface area contributed by atoms with Crippen LogP contribution in [0.4, 0.5) is 14.5 Å². The minimum absolute atomic E-state index is 0.280. The highest BCUT2D eigenvalue weighted by atomic mass is 35.5. The van der Waals surface area contributed by atoms with Crippen molar-refractivity contribution >= 4 is 46.0 Å². The lowest BCUT2D eigenvalue weighted by Gasteiger charge is -2.11. The van der Waals surface area contributed by atoms with E-state index in [1.807, 2.05) is 18.2 Å². The number of hydrogen-bond donors (Lipinski definition) is 1. The number of carbonyl (C=O) groups excluding carboxylic acids is 1. The van der Waals surface area contributed by atoms with Crippen molar-refractivity contribution in [2.75, 3.05) is 5.32 Å². The van der Waals surface area contributed by atoms with Crippen molar-refractivity contribution in [2.45, 2.75) is 17.5 Å². The first-order valence-corrected chi connectivity index (χ1v) is 12.4. The number of carbonyl (C=O) groups is 1. The zero-order chi connectivity index (χ0) is 25.1. The van der Waals surface area contributed by atoms with Crippen LogP contribution in [0.25, 0.3) is 11.0 Å². The molecule has 36 heavy (non-hydrogen) atoms. The van der Waals surface area contributed by atoms with E-state index in [0.717, 1.165) is 27.3 Å². The lowest BCUT2D eigenvalue weighted by Crippen LogP contribution is -2.12. The van der Waals surface area contributed by atoms with E-state index in [2.05, 4.69) is 14.9 Å². The fourth-order valence-corrected chi connectivity index (χ4v) is 5.00. The Morgan fingerprint density at radius 2 is 1.72 bits per heavy atom. The van der Waals surface area contributed by atoms with E-state index in [-0.39, 0.29) is 17.5 Å². The maximum absolute atomic E-state index is 13.4. The summed E-state index contributed by atoms with van der Waals surface area (Å²) in [5.74, 6) is -0.490. The second kappa shape index (κ2) is 10.5. The Hall–Kier alpha value is -3.75. The molecule has 0 unspecified atom stereocenters. The van der Waals surface area contributed by atoms with Crippen LogP contribution in [0.2, 0.25) is 5.02 Å². The van der Waals surface area contributed by atoms with Gasteiger partial charge in [0.05, 0.1) is 23.8 Å². The highest BCUT2D eigenvalue weighted by Gasteiger charge is 2.14. The zero-order valence-electron chi connectivity index (χ0n) is 18.8. The summed E-state index contributed by atoms with van der Waals surface area (Å²) >= 11 is 7.70. The first-order chi connectivity index (χ1) is 17.5. The Bertz CT molecular complexity index is 1540.